The van der Waals surface area contributed by atoms with Gasteiger partial charge in [-0.1, -0.05) is 12.8 Å². The molecule has 2 fully saturated rings. The summed E-state index contributed by atoms with van der Waals surface area (Å²) in [6.07, 6.45) is 6.10. The predicted octanol–water partition coefficient (Wildman–Crippen LogP) is 2.05. The summed E-state index contributed by atoms with van der Waals surface area (Å²) in [4.78, 5) is 17.1. The third kappa shape index (κ3) is 2.18. The maximum absolute atomic E-state index is 11.2. The third-order valence-electron chi connectivity index (χ3n) is 4.60. The number of anilines is 2. The molecule has 0 unspecified atom stereocenters. The number of nitrogens with one attached hydrogen (secondary N) is 1. The number of rotatable bonds is 3. The number of pyridine rings is 1. The Bertz CT molecular complexity index is 527. The Balaban J connectivity index is 1.91. The molecule has 1 aromatic heterocycles. The molecule has 7 nitrogen and oxygen atoms in total. The first kappa shape index (κ1) is 13.1. The number of nitro groups is 1. The fraction of sp³-hybridized carbons (Fsp3) is 0.615. The molecule has 1 aliphatic heterocycles. The van der Waals surface area contributed by atoms with Crippen molar-refractivity contribution >= 4 is 17.3 Å². The summed E-state index contributed by atoms with van der Waals surface area (Å²) in [5, 5.41) is 11.2. The molecule has 20 heavy (non-hydrogen) atoms. The van der Waals surface area contributed by atoms with Crippen LogP contribution < -0.4 is 16.2 Å². The van der Waals surface area contributed by atoms with Crippen molar-refractivity contribution in [2.45, 2.75) is 32.1 Å². The van der Waals surface area contributed by atoms with E-state index in [0.29, 0.717) is 17.1 Å². The summed E-state index contributed by atoms with van der Waals surface area (Å²) in [5.74, 6) is 6.25. The fourth-order valence-electron chi connectivity index (χ4n) is 3.55. The topological polar surface area (TPSA) is 97.3 Å². The molecule has 0 atom stereocenters. The number of nitrogens with zero attached hydrogens (tertiary/aromatic N) is 3. The Morgan fingerprint density at radius 3 is 2.75 bits per heavy atom. The summed E-state index contributed by atoms with van der Waals surface area (Å²) >= 11 is 0. The Labute approximate surface area is 117 Å². The average molecular weight is 277 g/mol. The number of hydrogen-bond donors (Lipinski definition) is 2. The van der Waals surface area contributed by atoms with Crippen molar-refractivity contribution in [1.82, 2.24) is 4.98 Å². The molecule has 3 rings (SSSR count). The van der Waals surface area contributed by atoms with Gasteiger partial charge in [0.2, 0.25) is 5.82 Å². The van der Waals surface area contributed by atoms with Crippen LogP contribution in [0.2, 0.25) is 0 Å². The Kier molecular flexibility index (Phi) is 3.21. The molecule has 0 amide bonds. The summed E-state index contributed by atoms with van der Waals surface area (Å²) in [6.45, 7) is 1.71. The average Bonchev–Trinajstić information content (AvgIpc) is 3.09. The van der Waals surface area contributed by atoms with Crippen molar-refractivity contribution in [3.05, 3.63) is 22.2 Å². The maximum atomic E-state index is 11.2. The summed E-state index contributed by atoms with van der Waals surface area (Å²) in [6, 6.07) is 3.00. The lowest BCUT2D eigenvalue weighted by Gasteiger charge is -2.24. The molecule has 1 saturated heterocycles. The van der Waals surface area contributed by atoms with E-state index in [2.05, 4.69) is 10.4 Å². The molecule has 1 aliphatic carbocycles. The summed E-state index contributed by atoms with van der Waals surface area (Å²) in [7, 11) is 0. The molecule has 3 N–H and O–H groups in total. The van der Waals surface area contributed by atoms with E-state index >= 15 is 0 Å². The zero-order chi connectivity index (χ0) is 14.2. The van der Waals surface area contributed by atoms with Gasteiger partial charge >= 0.3 is 5.69 Å². The molecular weight excluding hydrogens is 258 g/mol. The standard InChI is InChI=1S/C13H19N5O2/c14-16-11-4-3-10(18(19)20)12(15-11)17-8-7-13(9-17)5-1-2-6-13/h3-4H,1-2,5-9,14H2,(H,15,16). The van der Waals surface area contributed by atoms with Crippen LogP contribution in [0.3, 0.4) is 0 Å². The second-order valence-corrected chi connectivity index (χ2v) is 5.82. The van der Waals surface area contributed by atoms with Gasteiger partial charge in [0.05, 0.1) is 4.92 Å². The van der Waals surface area contributed by atoms with Gasteiger partial charge < -0.3 is 10.3 Å². The lowest BCUT2D eigenvalue weighted by atomic mass is 9.86. The molecule has 0 bridgehead atoms. The zero-order valence-corrected chi connectivity index (χ0v) is 11.3. The van der Waals surface area contributed by atoms with Gasteiger partial charge in [-0.05, 0) is 30.7 Å². The minimum atomic E-state index is -0.373. The summed E-state index contributed by atoms with van der Waals surface area (Å²) < 4.78 is 0. The van der Waals surface area contributed by atoms with Crippen LogP contribution in [-0.4, -0.2) is 23.0 Å². The number of hydrazine groups is 1. The van der Waals surface area contributed by atoms with Crippen LogP contribution in [0.4, 0.5) is 17.3 Å². The third-order valence-corrected chi connectivity index (χ3v) is 4.60. The maximum Gasteiger partial charge on any atom is 0.311 e. The molecule has 2 aliphatic rings. The highest BCUT2D eigenvalue weighted by molar-refractivity contribution is 5.62. The van der Waals surface area contributed by atoms with Gasteiger partial charge in [0, 0.05) is 19.2 Å². The normalized spacial score (nSPS) is 20.6. The quantitative estimate of drug-likeness (QED) is 0.498. The van der Waals surface area contributed by atoms with Crippen molar-refractivity contribution in [2.24, 2.45) is 11.3 Å². The Hall–Kier alpha value is -1.89. The van der Waals surface area contributed by atoms with E-state index in [1.54, 1.807) is 0 Å². The van der Waals surface area contributed by atoms with Gasteiger partial charge in [0.1, 0.15) is 5.82 Å². The van der Waals surface area contributed by atoms with Gasteiger partial charge in [0.25, 0.3) is 0 Å². The van der Waals surface area contributed by atoms with E-state index in [9.17, 15) is 10.1 Å². The van der Waals surface area contributed by atoms with E-state index in [1.807, 2.05) is 4.90 Å². The highest BCUT2D eigenvalue weighted by Crippen LogP contribution is 2.47. The van der Waals surface area contributed by atoms with Crippen molar-refractivity contribution in [3.8, 4) is 0 Å². The van der Waals surface area contributed by atoms with Crippen LogP contribution in [-0.2, 0) is 0 Å². The zero-order valence-electron chi connectivity index (χ0n) is 11.3. The van der Waals surface area contributed by atoms with Crippen molar-refractivity contribution < 1.29 is 4.92 Å². The number of nitrogen functional groups attached to an aromatic ring is 1. The monoisotopic (exact) mass is 277 g/mol. The molecule has 1 aromatic rings. The van der Waals surface area contributed by atoms with E-state index < -0.39 is 0 Å². The first-order chi connectivity index (χ1) is 9.63. The van der Waals surface area contributed by atoms with Crippen LogP contribution in [0.25, 0.3) is 0 Å². The molecule has 7 heteroatoms. The van der Waals surface area contributed by atoms with E-state index in [0.717, 1.165) is 19.5 Å². The van der Waals surface area contributed by atoms with Gasteiger partial charge in [-0.15, -0.1) is 0 Å². The van der Waals surface area contributed by atoms with Crippen LogP contribution in [0.5, 0.6) is 0 Å². The van der Waals surface area contributed by atoms with Crippen LogP contribution in [0.15, 0.2) is 12.1 Å². The highest BCUT2D eigenvalue weighted by Gasteiger charge is 2.42. The van der Waals surface area contributed by atoms with E-state index in [1.165, 1.54) is 37.8 Å². The molecule has 0 aromatic carbocycles. The lowest BCUT2D eigenvalue weighted by molar-refractivity contribution is -0.384. The number of aromatic nitrogens is 1. The molecule has 0 radical (unpaired) electrons. The Morgan fingerprint density at radius 1 is 1.35 bits per heavy atom. The first-order valence-electron chi connectivity index (χ1n) is 7.01. The second kappa shape index (κ2) is 4.90. The largest absolute Gasteiger partial charge is 0.350 e. The Morgan fingerprint density at radius 2 is 2.10 bits per heavy atom. The van der Waals surface area contributed by atoms with E-state index in [4.69, 9.17) is 5.84 Å². The van der Waals surface area contributed by atoms with Crippen LogP contribution in [0.1, 0.15) is 32.1 Å². The minimum absolute atomic E-state index is 0.0547. The van der Waals surface area contributed by atoms with Crippen molar-refractivity contribution in [2.75, 3.05) is 23.4 Å². The smallest absolute Gasteiger partial charge is 0.311 e. The SMILES string of the molecule is NNc1ccc([N+](=O)[O-])c(N2CCC3(CCCC3)C2)n1. The van der Waals surface area contributed by atoms with Gasteiger partial charge in [-0.2, -0.15) is 0 Å². The van der Waals surface area contributed by atoms with Crippen molar-refractivity contribution in [1.29, 1.82) is 0 Å². The molecule has 1 spiro atoms. The van der Waals surface area contributed by atoms with Gasteiger partial charge in [0.15, 0.2) is 0 Å². The minimum Gasteiger partial charge on any atom is -0.350 e. The molecule has 2 heterocycles. The second-order valence-electron chi connectivity index (χ2n) is 5.82. The van der Waals surface area contributed by atoms with Gasteiger partial charge in [-0.25, -0.2) is 10.8 Å². The number of hydrogen-bond acceptors (Lipinski definition) is 6. The summed E-state index contributed by atoms with van der Waals surface area (Å²) in [5.41, 5.74) is 2.86. The first-order valence-corrected chi connectivity index (χ1v) is 7.01. The fourth-order valence-corrected chi connectivity index (χ4v) is 3.55. The number of nitrogens with two attached hydrogens (primary N) is 1. The highest BCUT2D eigenvalue weighted by atomic mass is 16.6. The van der Waals surface area contributed by atoms with E-state index in [-0.39, 0.29) is 10.6 Å². The van der Waals surface area contributed by atoms with Crippen molar-refractivity contribution in [3.63, 3.8) is 0 Å². The van der Waals surface area contributed by atoms with Crippen LogP contribution >= 0.6 is 0 Å². The molecule has 108 valence electrons. The molecule has 1 saturated carbocycles. The van der Waals surface area contributed by atoms with Crippen LogP contribution in [0, 0.1) is 15.5 Å². The van der Waals surface area contributed by atoms with Gasteiger partial charge in [-0.3, -0.25) is 10.1 Å². The predicted molar refractivity (Wildman–Crippen MR) is 76.4 cm³/mol. The molecular formula is C13H19N5O2. The lowest BCUT2D eigenvalue weighted by Crippen LogP contribution is -2.26.